The molecule has 1 aromatic carbocycles. The van der Waals surface area contributed by atoms with Crippen molar-refractivity contribution in [2.75, 3.05) is 6.54 Å². The predicted molar refractivity (Wildman–Crippen MR) is 73.6 cm³/mol. The number of nitrogens with one attached hydrogen (secondary N) is 1. The maximum atomic E-state index is 12.7. The van der Waals surface area contributed by atoms with E-state index in [0.29, 0.717) is 11.9 Å². The van der Waals surface area contributed by atoms with Crippen LogP contribution in [0.1, 0.15) is 30.4 Å². The van der Waals surface area contributed by atoms with Gasteiger partial charge in [-0.3, -0.25) is 4.79 Å². The van der Waals surface area contributed by atoms with Crippen LogP contribution < -0.4 is 5.32 Å². The highest BCUT2D eigenvalue weighted by atomic mass is 16.2. The molecule has 2 heterocycles. The molecule has 1 amide bonds. The lowest BCUT2D eigenvalue weighted by Crippen LogP contribution is -2.51. The van der Waals surface area contributed by atoms with Crippen LogP contribution in [0.15, 0.2) is 24.3 Å². The molecule has 1 aromatic rings. The molecule has 3 atom stereocenters. The van der Waals surface area contributed by atoms with Crippen molar-refractivity contribution in [1.29, 1.82) is 0 Å². The van der Waals surface area contributed by atoms with Gasteiger partial charge in [0.2, 0.25) is 5.91 Å². The maximum Gasteiger partial charge on any atom is 0.240 e. The third-order valence-electron chi connectivity index (χ3n) is 5.07. The van der Waals surface area contributed by atoms with Crippen molar-refractivity contribution >= 4 is 5.91 Å². The lowest BCUT2D eigenvalue weighted by atomic mass is 9.95. The fourth-order valence-corrected chi connectivity index (χ4v) is 4.02. The molecule has 1 saturated carbocycles. The molecule has 3 heteroatoms. The summed E-state index contributed by atoms with van der Waals surface area (Å²) in [5.41, 5.74) is 2.68. The quantitative estimate of drug-likeness (QED) is 0.829. The van der Waals surface area contributed by atoms with Gasteiger partial charge in [0.25, 0.3) is 0 Å². The number of amides is 1. The average molecular weight is 256 g/mol. The van der Waals surface area contributed by atoms with Crippen LogP contribution in [0.3, 0.4) is 0 Å². The van der Waals surface area contributed by atoms with Crippen LogP contribution in [0.2, 0.25) is 0 Å². The first-order chi connectivity index (χ1) is 9.31. The summed E-state index contributed by atoms with van der Waals surface area (Å²) >= 11 is 0. The highest BCUT2D eigenvalue weighted by Crippen LogP contribution is 2.37. The SMILES string of the molecule is O=C(C1Cc2ccccc2CN1)N1CC2CCC1C2. The van der Waals surface area contributed by atoms with Gasteiger partial charge in [-0.1, -0.05) is 24.3 Å². The van der Waals surface area contributed by atoms with Crippen molar-refractivity contribution < 1.29 is 4.79 Å². The Kier molecular flexibility index (Phi) is 2.62. The smallest absolute Gasteiger partial charge is 0.240 e. The zero-order valence-electron chi connectivity index (χ0n) is 11.1. The molecule has 3 nitrogen and oxygen atoms in total. The van der Waals surface area contributed by atoms with Crippen LogP contribution in [0.25, 0.3) is 0 Å². The van der Waals surface area contributed by atoms with Gasteiger partial charge in [0.15, 0.2) is 0 Å². The standard InChI is InChI=1S/C16H20N2O/c19-16(18-10-11-5-6-14(18)7-11)15-8-12-3-1-2-4-13(12)9-17-15/h1-4,11,14-15,17H,5-10H2. The molecule has 0 radical (unpaired) electrons. The van der Waals surface area contributed by atoms with Gasteiger partial charge in [0, 0.05) is 19.1 Å². The Morgan fingerprint density at radius 2 is 2.05 bits per heavy atom. The van der Waals surface area contributed by atoms with Gasteiger partial charge >= 0.3 is 0 Å². The van der Waals surface area contributed by atoms with Crippen molar-refractivity contribution in [2.45, 2.75) is 44.3 Å². The molecular formula is C16H20N2O. The first-order valence-corrected chi connectivity index (χ1v) is 7.42. The van der Waals surface area contributed by atoms with E-state index >= 15 is 0 Å². The third kappa shape index (κ3) is 1.88. The molecule has 0 spiro atoms. The van der Waals surface area contributed by atoms with Gasteiger partial charge in [-0.05, 0) is 42.7 Å². The number of likely N-dealkylation sites (tertiary alicyclic amines) is 1. The number of rotatable bonds is 1. The summed E-state index contributed by atoms with van der Waals surface area (Å²) in [6.07, 6.45) is 4.65. The van der Waals surface area contributed by atoms with Crippen molar-refractivity contribution in [1.82, 2.24) is 10.2 Å². The molecule has 4 rings (SSSR count). The second-order valence-corrected chi connectivity index (χ2v) is 6.23. The van der Waals surface area contributed by atoms with Gasteiger partial charge in [0.05, 0.1) is 6.04 Å². The number of carbonyl (C=O) groups is 1. The number of benzene rings is 1. The van der Waals surface area contributed by atoms with Crippen LogP contribution in [0, 0.1) is 5.92 Å². The molecule has 2 bridgehead atoms. The summed E-state index contributed by atoms with van der Waals surface area (Å²) in [6.45, 7) is 1.83. The topological polar surface area (TPSA) is 32.3 Å². The van der Waals surface area contributed by atoms with E-state index in [1.54, 1.807) is 0 Å². The highest BCUT2D eigenvalue weighted by Gasteiger charge is 2.42. The Balaban J connectivity index is 1.50. The Hall–Kier alpha value is -1.35. The second-order valence-electron chi connectivity index (χ2n) is 6.23. The number of piperidine rings is 1. The second kappa shape index (κ2) is 4.34. The van der Waals surface area contributed by atoms with Crippen LogP contribution in [-0.2, 0) is 17.8 Å². The largest absolute Gasteiger partial charge is 0.338 e. The van der Waals surface area contributed by atoms with Crippen LogP contribution >= 0.6 is 0 Å². The van der Waals surface area contributed by atoms with E-state index in [9.17, 15) is 4.79 Å². The third-order valence-corrected chi connectivity index (χ3v) is 5.07. The molecule has 0 aromatic heterocycles. The number of nitrogens with zero attached hydrogens (tertiary/aromatic N) is 1. The number of hydrogen-bond donors (Lipinski definition) is 1. The monoisotopic (exact) mass is 256 g/mol. The number of carbonyl (C=O) groups excluding carboxylic acids is 1. The van der Waals surface area contributed by atoms with Crippen molar-refractivity contribution in [3.63, 3.8) is 0 Å². The van der Waals surface area contributed by atoms with E-state index in [1.165, 1.54) is 30.4 Å². The lowest BCUT2D eigenvalue weighted by molar-refractivity contribution is -0.135. The summed E-state index contributed by atoms with van der Waals surface area (Å²) in [5.74, 6) is 1.12. The summed E-state index contributed by atoms with van der Waals surface area (Å²) in [4.78, 5) is 14.8. The minimum atomic E-state index is -0.00532. The number of hydrogen-bond acceptors (Lipinski definition) is 2. The molecule has 3 aliphatic rings. The minimum Gasteiger partial charge on any atom is -0.338 e. The zero-order chi connectivity index (χ0) is 12.8. The van der Waals surface area contributed by atoms with E-state index in [2.05, 4.69) is 34.5 Å². The normalized spacial score (nSPS) is 32.4. The maximum absolute atomic E-state index is 12.7. The van der Waals surface area contributed by atoms with Crippen molar-refractivity contribution in [2.24, 2.45) is 5.92 Å². The van der Waals surface area contributed by atoms with E-state index in [1.807, 2.05) is 0 Å². The molecular weight excluding hydrogens is 236 g/mol. The summed E-state index contributed by atoms with van der Waals surface area (Å²) in [5, 5.41) is 3.42. The van der Waals surface area contributed by atoms with Crippen molar-refractivity contribution in [3.05, 3.63) is 35.4 Å². The lowest BCUT2D eigenvalue weighted by Gasteiger charge is -2.33. The fourth-order valence-electron chi connectivity index (χ4n) is 4.02. The molecule has 1 N–H and O–H groups in total. The molecule has 100 valence electrons. The highest BCUT2D eigenvalue weighted by molar-refractivity contribution is 5.83. The van der Waals surface area contributed by atoms with E-state index in [4.69, 9.17) is 0 Å². The van der Waals surface area contributed by atoms with Gasteiger partial charge in [-0.25, -0.2) is 0 Å². The summed E-state index contributed by atoms with van der Waals surface area (Å²) in [6, 6.07) is 8.99. The summed E-state index contributed by atoms with van der Waals surface area (Å²) < 4.78 is 0. The molecule has 1 aliphatic carbocycles. The first kappa shape index (κ1) is 11.5. The van der Waals surface area contributed by atoms with E-state index in [0.717, 1.165) is 25.4 Å². The Morgan fingerprint density at radius 3 is 2.79 bits per heavy atom. The Labute approximate surface area is 114 Å². The molecule has 2 aliphatic heterocycles. The molecule has 3 unspecified atom stereocenters. The first-order valence-electron chi connectivity index (χ1n) is 7.42. The molecule has 1 saturated heterocycles. The molecule has 2 fully saturated rings. The van der Waals surface area contributed by atoms with Gasteiger partial charge in [-0.15, -0.1) is 0 Å². The van der Waals surface area contributed by atoms with E-state index in [-0.39, 0.29) is 6.04 Å². The van der Waals surface area contributed by atoms with E-state index < -0.39 is 0 Å². The predicted octanol–water partition coefficient (Wildman–Crippen LogP) is 1.71. The van der Waals surface area contributed by atoms with Crippen molar-refractivity contribution in [3.8, 4) is 0 Å². The van der Waals surface area contributed by atoms with Crippen LogP contribution in [0.4, 0.5) is 0 Å². The summed E-state index contributed by atoms with van der Waals surface area (Å²) in [7, 11) is 0. The molecule has 19 heavy (non-hydrogen) atoms. The van der Waals surface area contributed by atoms with Crippen LogP contribution in [0.5, 0.6) is 0 Å². The van der Waals surface area contributed by atoms with Gasteiger partial charge in [0.1, 0.15) is 0 Å². The Bertz CT molecular complexity index is 513. The van der Waals surface area contributed by atoms with Gasteiger partial charge in [-0.2, -0.15) is 0 Å². The average Bonchev–Trinajstić information content (AvgIpc) is 3.08. The minimum absolute atomic E-state index is 0.00532. The fraction of sp³-hybridized carbons (Fsp3) is 0.562. The zero-order valence-corrected chi connectivity index (χ0v) is 11.1. The number of fused-ring (bicyclic) bond motifs is 3. The van der Waals surface area contributed by atoms with Gasteiger partial charge < -0.3 is 10.2 Å². The Morgan fingerprint density at radius 1 is 1.21 bits per heavy atom. The van der Waals surface area contributed by atoms with Crippen LogP contribution in [-0.4, -0.2) is 29.4 Å².